The average molecular weight is 837 g/mol. The lowest BCUT2D eigenvalue weighted by Crippen LogP contribution is -2.01. The molecule has 65 heavy (non-hydrogen) atoms. The fraction of sp³-hybridized carbons (Fsp3) is 0.0500. The van der Waals surface area contributed by atoms with Gasteiger partial charge in [0.1, 0.15) is 11.2 Å². The number of nitrogens with zero attached hydrogens (tertiary/aromatic N) is 4. The van der Waals surface area contributed by atoms with Crippen LogP contribution < -0.4 is 0 Å². The third kappa shape index (κ3) is 7.33. The van der Waals surface area contributed by atoms with Crippen LogP contribution in [0.25, 0.3) is 117 Å². The summed E-state index contributed by atoms with van der Waals surface area (Å²) in [5, 5.41) is 4.58. The highest BCUT2D eigenvalue weighted by molar-refractivity contribution is 6.15. The van der Waals surface area contributed by atoms with Crippen molar-refractivity contribution in [2.45, 2.75) is 20.3 Å². The predicted octanol–water partition coefficient (Wildman–Crippen LogP) is 16.3. The molecule has 12 aromatic rings. The van der Waals surface area contributed by atoms with E-state index in [1.54, 1.807) is 0 Å². The van der Waals surface area contributed by atoms with Gasteiger partial charge in [-0.2, -0.15) is 0 Å². The van der Waals surface area contributed by atoms with Crippen LogP contribution in [0.5, 0.6) is 0 Å². The van der Waals surface area contributed by atoms with E-state index < -0.39 is 0 Å². The highest BCUT2D eigenvalue weighted by Crippen LogP contribution is 2.42. The molecule has 0 N–H and O–H groups in total. The molecule has 5 heteroatoms. The van der Waals surface area contributed by atoms with Gasteiger partial charge in [-0.05, 0) is 58.7 Å². The van der Waals surface area contributed by atoms with Crippen molar-refractivity contribution in [2.24, 2.45) is 0 Å². The Morgan fingerprint density at radius 1 is 0.369 bits per heavy atom. The Labute approximate surface area is 378 Å². The summed E-state index contributed by atoms with van der Waals surface area (Å²) in [7, 11) is 0. The molecule has 5 nitrogen and oxygen atoms in total. The van der Waals surface area contributed by atoms with Crippen LogP contribution in [0.3, 0.4) is 0 Å². The predicted molar refractivity (Wildman–Crippen MR) is 270 cm³/mol. The van der Waals surface area contributed by atoms with Crippen molar-refractivity contribution in [1.29, 1.82) is 0 Å². The molecule has 0 spiro atoms. The van der Waals surface area contributed by atoms with Gasteiger partial charge in [-0.3, -0.25) is 0 Å². The average Bonchev–Trinajstić information content (AvgIpc) is 3.93. The Bertz CT molecular complexity index is 3590. The number of benzene rings is 9. The minimum Gasteiger partial charge on any atom is -0.455 e. The first-order chi connectivity index (χ1) is 32.1. The van der Waals surface area contributed by atoms with E-state index in [0.717, 1.165) is 77.6 Å². The molecule has 0 bridgehead atoms. The molecule has 9 aromatic carbocycles. The summed E-state index contributed by atoms with van der Waals surface area (Å²) in [5.41, 5.74) is 14.5. The van der Waals surface area contributed by atoms with Crippen LogP contribution in [0.1, 0.15) is 20.3 Å². The van der Waals surface area contributed by atoms with Gasteiger partial charge in [-0.1, -0.05) is 202 Å². The van der Waals surface area contributed by atoms with E-state index in [-0.39, 0.29) is 0 Å². The third-order valence-corrected chi connectivity index (χ3v) is 11.8. The maximum absolute atomic E-state index is 6.51. The summed E-state index contributed by atoms with van der Waals surface area (Å²) < 4.78 is 8.92. The van der Waals surface area contributed by atoms with Crippen molar-refractivity contribution in [2.75, 3.05) is 0 Å². The summed E-state index contributed by atoms with van der Waals surface area (Å²) in [5.74, 6) is 1.87. The molecule has 3 aromatic heterocycles. The van der Waals surface area contributed by atoms with Crippen LogP contribution in [0.2, 0.25) is 0 Å². The van der Waals surface area contributed by atoms with Gasteiger partial charge in [0.25, 0.3) is 0 Å². The monoisotopic (exact) mass is 836 g/mol. The van der Waals surface area contributed by atoms with Crippen LogP contribution >= 0.6 is 0 Å². The van der Waals surface area contributed by atoms with Crippen molar-refractivity contribution in [3.63, 3.8) is 0 Å². The van der Waals surface area contributed by atoms with Crippen molar-refractivity contribution >= 4 is 43.7 Å². The van der Waals surface area contributed by atoms with E-state index in [1.807, 2.05) is 72.8 Å². The summed E-state index contributed by atoms with van der Waals surface area (Å²) in [6, 6.07) is 76.4. The molecular formula is C60H44N4O. The molecule has 0 unspecified atom stereocenters. The lowest BCUT2D eigenvalue weighted by Gasteiger charge is -2.14. The molecule has 0 aliphatic rings. The van der Waals surface area contributed by atoms with Gasteiger partial charge >= 0.3 is 0 Å². The molecular weight excluding hydrogens is 793 g/mol. The van der Waals surface area contributed by atoms with Gasteiger partial charge in [-0.25, -0.2) is 15.0 Å². The summed E-state index contributed by atoms with van der Waals surface area (Å²) >= 11 is 0. The second-order valence-corrected chi connectivity index (χ2v) is 16.3. The Hall–Kier alpha value is -8.41. The standard InChI is InChI=1S/C57H36N4O.C3H8/c1-4-16-37(17-5-1)40-32-33-51-50(36-40)48-29-14-27-45(41-22-12-23-42(34-41)46-28-15-30-49-47-26-10-11-31-52(47)62-54(46)49)53(48)61(51)44-25-13-24-43(35-44)57-59-55(38-18-6-2-7-19-38)58-56(60-57)39-20-8-3-9-21-39;1-3-2/h1-36H;3H2,1-2H3. The zero-order valence-electron chi connectivity index (χ0n) is 36.2. The van der Waals surface area contributed by atoms with Gasteiger partial charge in [0.05, 0.1) is 11.0 Å². The number of hydrogen-bond acceptors (Lipinski definition) is 4. The normalized spacial score (nSPS) is 11.3. The first-order valence-electron chi connectivity index (χ1n) is 22.3. The fourth-order valence-corrected chi connectivity index (χ4v) is 8.93. The summed E-state index contributed by atoms with van der Waals surface area (Å²) in [6.45, 7) is 4.25. The Kier molecular flexibility index (Phi) is 10.3. The number of hydrogen-bond donors (Lipinski definition) is 0. The largest absolute Gasteiger partial charge is 0.455 e. The van der Waals surface area contributed by atoms with Gasteiger partial charge < -0.3 is 8.98 Å². The summed E-state index contributed by atoms with van der Waals surface area (Å²) in [6.07, 6.45) is 1.25. The number of furan rings is 1. The maximum Gasteiger partial charge on any atom is 0.164 e. The van der Waals surface area contributed by atoms with E-state index in [1.165, 1.54) is 28.3 Å². The minimum atomic E-state index is 0.611. The van der Waals surface area contributed by atoms with Crippen LogP contribution in [-0.4, -0.2) is 19.5 Å². The molecule has 3 heterocycles. The molecule has 0 saturated heterocycles. The van der Waals surface area contributed by atoms with Gasteiger partial charge in [0.15, 0.2) is 17.5 Å². The third-order valence-electron chi connectivity index (χ3n) is 11.8. The fourth-order valence-electron chi connectivity index (χ4n) is 8.93. The number of aromatic nitrogens is 4. The molecule has 0 aliphatic heterocycles. The van der Waals surface area contributed by atoms with Crippen molar-refractivity contribution in [3.05, 3.63) is 218 Å². The SMILES string of the molecule is CCC.c1ccc(-c2ccc3c(c2)c2cccc(-c4cccc(-c5cccc6c5oc5ccccc56)c4)c2n3-c2cccc(-c3nc(-c4ccccc4)nc(-c4ccccc4)n3)c2)cc1. The Morgan fingerprint density at radius 2 is 0.877 bits per heavy atom. The van der Waals surface area contributed by atoms with Crippen LogP contribution in [0, 0.1) is 0 Å². The second-order valence-electron chi connectivity index (χ2n) is 16.3. The number of fused-ring (bicyclic) bond motifs is 6. The second kappa shape index (κ2) is 17.0. The molecule has 0 amide bonds. The lowest BCUT2D eigenvalue weighted by molar-refractivity contribution is 0.670. The van der Waals surface area contributed by atoms with Crippen LogP contribution in [0.15, 0.2) is 223 Å². The van der Waals surface area contributed by atoms with Crippen molar-refractivity contribution < 1.29 is 4.42 Å². The van der Waals surface area contributed by atoms with Crippen LogP contribution in [-0.2, 0) is 0 Å². The highest BCUT2D eigenvalue weighted by Gasteiger charge is 2.20. The first kappa shape index (κ1) is 39.4. The molecule has 0 aliphatic carbocycles. The van der Waals surface area contributed by atoms with Crippen LogP contribution in [0.4, 0.5) is 0 Å². The van der Waals surface area contributed by atoms with Gasteiger partial charge in [0.2, 0.25) is 0 Å². The zero-order chi connectivity index (χ0) is 43.7. The lowest BCUT2D eigenvalue weighted by atomic mass is 9.96. The number of para-hydroxylation sites is 3. The molecule has 0 saturated carbocycles. The van der Waals surface area contributed by atoms with E-state index >= 15 is 0 Å². The van der Waals surface area contributed by atoms with Gasteiger partial charge in [-0.15, -0.1) is 0 Å². The first-order valence-corrected chi connectivity index (χ1v) is 22.3. The van der Waals surface area contributed by atoms with Crippen molar-refractivity contribution in [1.82, 2.24) is 19.5 Å². The highest BCUT2D eigenvalue weighted by atomic mass is 16.3. The van der Waals surface area contributed by atoms with E-state index in [2.05, 4.69) is 164 Å². The van der Waals surface area contributed by atoms with Crippen molar-refractivity contribution in [3.8, 4) is 73.2 Å². The smallest absolute Gasteiger partial charge is 0.164 e. The van der Waals surface area contributed by atoms with E-state index in [4.69, 9.17) is 19.4 Å². The quantitative estimate of drug-likeness (QED) is 0.160. The molecule has 310 valence electrons. The Morgan fingerprint density at radius 3 is 1.57 bits per heavy atom. The summed E-state index contributed by atoms with van der Waals surface area (Å²) in [4.78, 5) is 15.1. The van der Waals surface area contributed by atoms with E-state index in [9.17, 15) is 0 Å². The van der Waals surface area contributed by atoms with Gasteiger partial charge in [0, 0.05) is 55.0 Å². The van der Waals surface area contributed by atoms with E-state index in [0.29, 0.717) is 17.5 Å². The molecule has 0 fully saturated rings. The molecule has 0 radical (unpaired) electrons. The topological polar surface area (TPSA) is 56.7 Å². The molecule has 12 rings (SSSR count). The minimum absolute atomic E-state index is 0.611. The maximum atomic E-state index is 6.51. The Balaban J connectivity index is 0.00000152. The number of rotatable bonds is 7. The zero-order valence-corrected chi connectivity index (χ0v) is 36.2. The molecule has 0 atom stereocenters.